The van der Waals surface area contributed by atoms with Crippen molar-refractivity contribution < 1.29 is 14.3 Å². The van der Waals surface area contributed by atoms with Crippen molar-refractivity contribution in [3.05, 3.63) is 72.6 Å². The second-order valence-electron chi connectivity index (χ2n) is 7.41. The van der Waals surface area contributed by atoms with Gasteiger partial charge in [0, 0.05) is 35.4 Å². The molecule has 0 aliphatic carbocycles. The van der Waals surface area contributed by atoms with Crippen LogP contribution in [-0.2, 0) is 4.79 Å². The second-order valence-corrected chi connectivity index (χ2v) is 8.35. The molecule has 1 aliphatic heterocycles. The number of hydrogen-bond donors (Lipinski definition) is 1. The Hall–Kier alpha value is -3.85. The van der Waals surface area contributed by atoms with E-state index in [9.17, 15) is 4.79 Å². The molecule has 2 aromatic heterocycles. The van der Waals surface area contributed by atoms with Gasteiger partial charge in [0.15, 0.2) is 22.5 Å². The Balaban J connectivity index is 1.35. The first-order valence-corrected chi connectivity index (χ1v) is 11.4. The molecule has 4 aromatic rings. The van der Waals surface area contributed by atoms with E-state index in [1.807, 2.05) is 47.9 Å². The molecule has 1 N–H and O–H groups in total. The molecule has 0 unspecified atom stereocenters. The van der Waals surface area contributed by atoms with Gasteiger partial charge < -0.3 is 14.8 Å². The molecule has 3 heterocycles. The summed E-state index contributed by atoms with van der Waals surface area (Å²) in [6, 6.07) is 17.2. The van der Waals surface area contributed by atoms with Gasteiger partial charge in [-0.3, -0.25) is 14.3 Å². The topological polar surface area (TPSA) is 91.2 Å². The number of pyridine rings is 1. The van der Waals surface area contributed by atoms with Gasteiger partial charge in [-0.2, -0.15) is 0 Å². The largest absolute Gasteiger partial charge is 0.486 e. The van der Waals surface area contributed by atoms with Crippen molar-refractivity contribution in [1.82, 2.24) is 19.7 Å². The summed E-state index contributed by atoms with van der Waals surface area (Å²) < 4.78 is 13.1. The lowest BCUT2D eigenvalue weighted by Gasteiger charge is -2.19. The molecule has 0 bridgehead atoms. The van der Waals surface area contributed by atoms with E-state index in [0.29, 0.717) is 41.4 Å². The molecule has 1 aliphatic rings. The number of amides is 1. The fourth-order valence-electron chi connectivity index (χ4n) is 3.43. The molecule has 5 rings (SSSR count). The van der Waals surface area contributed by atoms with E-state index in [4.69, 9.17) is 9.47 Å². The molecule has 9 heteroatoms. The van der Waals surface area contributed by atoms with Crippen LogP contribution in [0.25, 0.3) is 17.1 Å². The SMILES string of the molecule is Cc1ccc(-n2c(SCC(=O)Nc3ccc4c(c3)OCCO4)nnc2-c2ccncc2)cc1. The first kappa shape index (κ1) is 21.0. The lowest BCUT2D eigenvalue weighted by molar-refractivity contribution is -0.113. The first-order valence-electron chi connectivity index (χ1n) is 10.4. The van der Waals surface area contributed by atoms with Crippen LogP contribution in [-0.4, -0.2) is 44.6 Å². The predicted octanol–water partition coefficient (Wildman–Crippen LogP) is 4.14. The molecule has 2 aromatic carbocycles. The molecule has 0 saturated heterocycles. The summed E-state index contributed by atoms with van der Waals surface area (Å²) in [4.78, 5) is 16.7. The summed E-state index contributed by atoms with van der Waals surface area (Å²) in [7, 11) is 0. The summed E-state index contributed by atoms with van der Waals surface area (Å²) in [5.74, 6) is 2.03. The van der Waals surface area contributed by atoms with Crippen LogP contribution in [0.15, 0.2) is 72.1 Å². The van der Waals surface area contributed by atoms with Crippen LogP contribution in [0.2, 0.25) is 0 Å². The van der Waals surface area contributed by atoms with Crippen LogP contribution in [0.1, 0.15) is 5.56 Å². The summed E-state index contributed by atoms with van der Waals surface area (Å²) in [6.07, 6.45) is 3.44. The van der Waals surface area contributed by atoms with Crippen molar-refractivity contribution in [2.24, 2.45) is 0 Å². The van der Waals surface area contributed by atoms with E-state index in [0.717, 1.165) is 16.8 Å². The molecule has 33 heavy (non-hydrogen) atoms. The minimum Gasteiger partial charge on any atom is -0.486 e. The van der Waals surface area contributed by atoms with E-state index in [2.05, 4.69) is 20.5 Å². The third-order valence-electron chi connectivity index (χ3n) is 5.02. The number of thioether (sulfide) groups is 1. The lowest BCUT2D eigenvalue weighted by Crippen LogP contribution is -2.17. The Morgan fingerprint density at radius 1 is 1.00 bits per heavy atom. The Morgan fingerprint density at radius 2 is 1.76 bits per heavy atom. The van der Waals surface area contributed by atoms with Crippen molar-refractivity contribution in [2.45, 2.75) is 12.1 Å². The number of aromatic nitrogens is 4. The molecule has 0 spiro atoms. The van der Waals surface area contributed by atoms with Crippen molar-refractivity contribution >= 4 is 23.4 Å². The maximum Gasteiger partial charge on any atom is 0.234 e. The van der Waals surface area contributed by atoms with Crippen molar-refractivity contribution in [1.29, 1.82) is 0 Å². The Labute approximate surface area is 195 Å². The molecule has 0 radical (unpaired) electrons. The van der Waals surface area contributed by atoms with Gasteiger partial charge in [-0.15, -0.1) is 10.2 Å². The Bertz CT molecular complexity index is 1280. The van der Waals surface area contributed by atoms with Crippen LogP contribution >= 0.6 is 11.8 Å². The third-order valence-corrected chi connectivity index (χ3v) is 5.95. The Morgan fingerprint density at radius 3 is 2.55 bits per heavy atom. The third kappa shape index (κ3) is 4.68. The number of nitrogens with one attached hydrogen (secondary N) is 1. The van der Waals surface area contributed by atoms with E-state index in [1.54, 1.807) is 30.6 Å². The van der Waals surface area contributed by atoms with Crippen molar-refractivity contribution in [2.75, 3.05) is 24.3 Å². The number of ether oxygens (including phenoxy) is 2. The number of carbonyl (C=O) groups is 1. The monoisotopic (exact) mass is 459 g/mol. The number of nitrogens with zero attached hydrogens (tertiary/aromatic N) is 4. The van der Waals surface area contributed by atoms with E-state index in [-0.39, 0.29) is 11.7 Å². The summed E-state index contributed by atoms with van der Waals surface area (Å²) in [5, 5.41) is 12.3. The van der Waals surface area contributed by atoms with E-state index in [1.165, 1.54) is 11.8 Å². The predicted molar refractivity (Wildman–Crippen MR) is 126 cm³/mol. The van der Waals surface area contributed by atoms with Gasteiger partial charge in [0.05, 0.1) is 5.75 Å². The average molecular weight is 460 g/mol. The highest BCUT2D eigenvalue weighted by molar-refractivity contribution is 7.99. The van der Waals surface area contributed by atoms with Gasteiger partial charge in [0.1, 0.15) is 13.2 Å². The summed E-state index contributed by atoms with van der Waals surface area (Å²) in [5.41, 5.74) is 3.63. The van der Waals surface area contributed by atoms with Gasteiger partial charge in [0.2, 0.25) is 5.91 Å². The van der Waals surface area contributed by atoms with Gasteiger partial charge in [-0.05, 0) is 43.3 Å². The molecule has 0 atom stereocenters. The Kier molecular flexibility index (Phi) is 5.95. The minimum atomic E-state index is -0.152. The highest BCUT2D eigenvalue weighted by atomic mass is 32.2. The quantitative estimate of drug-likeness (QED) is 0.433. The number of carbonyl (C=O) groups excluding carboxylic acids is 1. The van der Waals surface area contributed by atoms with Gasteiger partial charge >= 0.3 is 0 Å². The van der Waals surface area contributed by atoms with Crippen LogP contribution in [0.3, 0.4) is 0 Å². The summed E-state index contributed by atoms with van der Waals surface area (Å²) >= 11 is 1.32. The fourth-order valence-corrected chi connectivity index (χ4v) is 4.18. The van der Waals surface area contributed by atoms with Crippen LogP contribution in [0.5, 0.6) is 11.5 Å². The van der Waals surface area contributed by atoms with Crippen LogP contribution in [0.4, 0.5) is 5.69 Å². The molecule has 8 nitrogen and oxygen atoms in total. The molecule has 0 fully saturated rings. The smallest absolute Gasteiger partial charge is 0.234 e. The number of fused-ring (bicyclic) bond motifs is 1. The van der Waals surface area contributed by atoms with Gasteiger partial charge in [-0.25, -0.2) is 0 Å². The fraction of sp³-hybridized carbons (Fsp3) is 0.167. The van der Waals surface area contributed by atoms with Crippen LogP contribution < -0.4 is 14.8 Å². The molecule has 0 saturated carbocycles. The van der Waals surface area contributed by atoms with E-state index < -0.39 is 0 Å². The molecule has 1 amide bonds. The van der Waals surface area contributed by atoms with Gasteiger partial charge in [-0.1, -0.05) is 29.5 Å². The zero-order valence-corrected chi connectivity index (χ0v) is 18.7. The van der Waals surface area contributed by atoms with Crippen molar-refractivity contribution in [3.8, 4) is 28.6 Å². The molecule has 166 valence electrons. The first-order chi connectivity index (χ1) is 16.2. The zero-order chi connectivity index (χ0) is 22.6. The maximum absolute atomic E-state index is 12.7. The van der Waals surface area contributed by atoms with Crippen molar-refractivity contribution in [3.63, 3.8) is 0 Å². The highest BCUT2D eigenvalue weighted by Gasteiger charge is 2.18. The number of benzene rings is 2. The lowest BCUT2D eigenvalue weighted by atomic mass is 10.2. The minimum absolute atomic E-state index is 0.152. The number of hydrogen-bond acceptors (Lipinski definition) is 7. The zero-order valence-electron chi connectivity index (χ0n) is 17.9. The molecular weight excluding hydrogens is 438 g/mol. The number of aryl methyl sites for hydroxylation is 1. The molecular formula is C24H21N5O3S. The van der Waals surface area contributed by atoms with E-state index >= 15 is 0 Å². The average Bonchev–Trinajstić information content (AvgIpc) is 3.28. The number of rotatable bonds is 6. The number of anilines is 1. The highest BCUT2D eigenvalue weighted by Crippen LogP contribution is 2.33. The normalized spacial score (nSPS) is 12.4. The standard InChI is InChI=1S/C24H21N5O3S/c1-16-2-5-19(6-3-16)29-23(17-8-10-25-11-9-17)27-28-24(29)33-15-22(30)26-18-4-7-20-21(14-18)32-13-12-31-20/h2-11,14H,12-13,15H2,1H3,(H,26,30). The maximum atomic E-state index is 12.7. The second kappa shape index (κ2) is 9.33. The summed E-state index contributed by atoms with van der Waals surface area (Å²) in [6.45, 7) is 3.06. The van der Waals surface area contributed by atoms with Crippen LogP contribution in [0, 0.1) is 6.92 Å². The van der Waals surface area contributed by atoms with Gasteiger partial charge in [0.25, 0.3) is 0 Å².